The molecule has 2 atom stereocenters. The molecule has 0 amide bonds. The van der Waals surface area contributed by atoms with Crippen LogP contribution in [0.2, 0.25) is 0 Å². The van der Waals surface area contributed by atoms with Crippen LogP contribution in [0.3, 0.4) is 0 Å². The van der Waals surface area contributed by atoms with Gasteiger partial charge >= 0.3 is 11.7 Å². The molecular weight excluding hydrogens is 282 g/mol. The number of ether oxygens (including phenoxy) is 2. The Hall–Kier alpha value is -2.19. The number of rotatable bonds is 7. The second kappa shape index (κ2) is 7.55. The molecule has 0 heterocycles. The molecule has 2 N–H and O–H groups in total. The van der Waals surface area contributed by atoms with Crippen molar-refractivity contribution in [1.82, 2.24) is 0 Å². The van der Waals surface area contributed by atoms with Gasteiger partial charge in [0.05, 0.1) is 31.2 Å². The molecule has 0 saturated carbocycles. The van der Waals surface area contributed by atoms with Crippen molar-refractivity contribution >= 4 is 11.7 Å². The van der Waals surface area contributed by atoms with Gasteiger partial charge in [-0.05, 0) is 18.6 Å². The van der Waals surface area contributed by atoms with E-state index in [1.807, 2.05) is 0 Å². The third kappa shape index (κ3) is 4.40. The highest BCUT2D eigenvalue weighted by Crippen LogP contribution is 2.31. The van der Waals surface area contributed by atoms with E-state index in [9.17, 15) is 25.1 Å². The Bertz CT molecular complexity index is 517. The monoisotopic (exact) mass is 299 g/mol. The SMILES string of the molecule is CCOC(=O)CC(O)C(O)c1ccc(OC)c([N+](=O)[O-])c1. The molecule has 8 nitrogen and oxygen atoms in total. The summed E-state index contributed by atoms with van der Waals surface area (Å²) in [6, 6.07) is 3.79. The molecule has 8 heteroatoms. The molecule has 21 heavy (non-hydrogen) atoms. The first-order chi connectivity index (χ1) is 9.90. The third-order valence-corrected chi connectivity index (χ3v) is 2.79. The zero-order valence-electron chi connectivity index (χ0n) is 11.7. The van der Waals surface area contributed by atoms with E-state index in [2.05, 4.69) is 4.74 Å². The van der Waals surface area contributed by atoms with Crippen molar-refractivity contribution in [3.63, 3.8) is 0 Å². The molecule has 0 spiro atoms. The summed E-state index contributed by atoms with van der Waals surface area (Å²) in [7, 11) is 1.29. The number of methoxy groups -OCH3 is 1. The minimum atomic E-state index is -1.45. The minimum absolute atomic E-state index is 0.0378. The van der Waals surface area contributed by atoms with Crippen molar-refractivity contribution in [2.24, 2.45) is 0 Å². The smallest absolute Gasteiger partial charge is 0.311 e. The number of hydrogen-bond acceptors (Lipinski definition) is 7. The summed E-state index contributed by atoms with van der Waals surface area (Å²) in [4.78, 5) is 21.5. The number of carbonyl (C=O) groups is 1. The molecule has 2 unspecified atom stereocenters. The maximum atomic E-state index is 11.2. The standard InChI is InChI=1S/C13H17NO7/c1-3-21-12(16)7-10(15)13(17)8-4-5-11(20-2)9(6-8)14(18)19/h4-6,10,13,15,17H,3,7H2,1-2H3. The van der Waals surface area contributed by atoms with Gasteiger partial charge in [-0.1, -0.05) is 6.07 Å². The number of benzene rings is 1. The lowest BCUT2D eigenvalue weighted by molar-refractivity contribution is -0.385. The van der Waals surface area contributed by atoms with Gasteiger partial charge < -0.3 is 19.7 Å². The summed E-state index contributed by atoms with van der Waals surface area (Å²) in [5.74, 6) is -0.622. The van der Waals surface area contributed by atoms with Gasteiger partial charge in [-0.15, -0.1) is 0 Å². The predicted molar refractivity (Wildman–Crippen MR) is 71.9 cm³/mol. The number of nitrogens with zero attached hydrogens (tertiary/aromatic N) is 1. The molecular formula is C13H17NO7. The predicted octanol–water partition coefficient (Wildman–Crippen LogP) is 0.951. The van der Waals surface area contributed by atoms with Crippen molar-refractivity contribution in [2.45, 2.75) is 25.6 Å². The van der Waals surface area contributed by atoms with E-state index >= 15 is 0 Å². The average Bonchev–Trinajstić information content (AvgIpc) is 2.45. The fourth-order valence-electron chi connectivity index (χ4n) is 1.76. The fourth-order valence-corrected chi connectivity index (χ4v) is 1.76. The highest BCUT2D eigenvalue weighted by atomic mass is 16.6. The number of hydrogen-bond donors (Lipinski definition) is 2. The Morgan fingerprint density at radius 2 is 2.10 bits per heavy atom. The molecule has 0 saturated heterocycles. The Kier molecular flexibility index (Phi) is 6.07. The van der Waals surface area contributed by atoms with Gasteiger partial charge in [0.25, 0.3) is 0 Å². The molecule has 1 rings (SSSR count). The maximum absolute atomic E-state index is 11.2. The maximum Gasteiger partial charge on any atom is 0.311 e. The van der Waals surface area contributed by atoms with Crippen LogP contribution in [-0.4, -0.2) is 40.9 Å². The normalized spacial score (nSPS) is 13.3. The van der Waals surface area contributed by atoms with Gasteiger partial charge in [0.15, 0.2) is 5.75 Å². The van der Waals surface area contributed by atoms with E-state index in [4.69, 9.17) is 4.74 Å². The number of esters is 1. The van der Waals surface area contributed by atoms with E-state index in [1.54, 1.807) is 6.92 Å². The highest BCUT2D eigenvalue weighted by Gasteiger charge is 2.25. The summed E-state index contributed by atoms with van der Waals surface area (Å²) >= 11 is 0. The summed E-state index contributed by atoms with van der Waals surface area (Å²) in [6.45, 7) is 1.78. The van der Waals surface area contributed by atoms with Crippen LogP contribution in [0.1, 0.15) is 25.0 Å². The third-order valence-electron chi connectivity index (χ3n) is 2.79. The van der Waals surface area contributed by atoms with Crippen LogP contribution >= 0.6 is 0 Å². The van der Waals surface area contributed by atoms with E-state index in [1.165, 1.54) is 19.2 Å². The van der Waals surface area contributed by atoms with E-state index < -0.39 is 29.5 Å². The molecule has 1 aromatic carbocycles. The van der Waals surface area contributed by atoms with Crippen molar-refractivity contribution in [3.8, 4) is 5.75 Å². The van der Waals surface area contributed by atoms with Crippen LogP contribution in [0.4, 0.5) is 5.69 Å². The first-order valence-electron chi connectivity index (χ1n) is 6.24. The second-order valence-corrected chi connectivity index (χ2v) is 4.21. The molecule has 0 radical (unpaired) electrons. The molecule has 1 aromatic rings. The number of nitro benzene ring substituents is 1. The van der Waals surface area contributed by atoms with Crippen LogP contribution in [0.5, 0.6) is 5.75 Å². The fraction of sp³-hybridized carbons (Fsp3) is 0.462. The Morgan fingerprint density at radius 3 is 2.62 bits per heavy atom. The highest BCUT2D eigenvalue weighted by molar-refractivity contribution is 5.70. The molecule has 0 fully saturated rings. The summed E-state index contributed by atoms with van der Waals surface area (Å²) in [6.07, 6.45) is -3.27. The summed E-state index contributed by atoms with van der Waals surface area (Å²) in [5, 5.41) is 30.6. The molecule has 0 aromatic heterocycles. The van der Waals surface area contributed by atoms with Crippen LogP contribution in [0, 0.1) is 10.1 Å². The van der Waals surface area contributed by atoms with E-state index in [-0.39, 0.29) is 23.6 Å². The van der Waals surface area contributed by atoms with Gasteiger partial charge in [0, 0.05) is 6.07 Å². The Labute approximate surface area is 121 Å². The lowest BCUT2D eigenvalue weighted by Gasteiger charge is -2.17. The van der Waals surface area contributed by atoms with E-state index in [0.29, 0.717) is 0 Å². The molecule has 116 valence electrons. The number of aliphatic hydroxyl groups excluding tert-OH is 2. The minimum Gasteiger partial charge on any atom is -0.490 e. The van der Waals surface area contributed by atoms with Gasteiger partial charge in [-0.2, -0.15) is 0 Å². The Balaban J connectivity index is 2.91. The number of carbonyl (C=O) groups excluding carboxylic acids is 1. The van der Waals surface area contributed by atoms with Crippen molar-refractivity contribution in [3.05, 3.63) is 33.9 Å². The van der Waals surface area contributed by atoms with Crippen LogP contribution in [-0.2, 0) is 9.53 Å². The quantitative estimate of drug-likeness (QED) is 0.437. The molecule has 0 aliphatic heterocycles. The first kappa shape index (κ1) is 16.9. The van der Waals surface area contributed by atoms with Gasteiger partial charge in [-0.3, -0.25) is 14.9 Å². The summed E-state index contributed by atoms with van der Waals surface area (Å²) < 4.78 is 9.50. The molecule has 0 aliphatic rings. The van der Waals surface area contributed by atoms with Gasteiger partial charge in [-0.25, -0.2) is 0 Å². The summed E-state index contributed by atoms with van der Waals surface area (Å²) in [5.41, 5.74) is -0.225. The van der Waals surface area contributed by atoms with E-state index in [0.717, 1.165) is 6.07 Å². The van der Waals surface area contributed by atoms with Crippen LogP contribution < -0.4 is 4.74 Å². The lowest BCUT2D eigenvalue weighted by Crippen LogP contribution is -2.23. The van der Waals surface area contributed by atoms with Crippen molar-refractivity contribution in [1.29, 1.82) is 0 Å². The molecule has 0 bridgehead atoms. The topological polar surface area (TPSA) is 119 Å². The zero-order chi connectivity index (χ0) is 16.0. The largest absolute Gasteiger partial charge is 0.490 e. The molecule has 0 aliphatic carbocycles. The van der Waals surface area contributed by atoms with Crippen LogP contribution in [0.15, 0.2) is 18.2 Å². The number of nitro groups is 1. The van der Waals surface area contributed by atoms with Gasteiger partial charge in [0.1, 0.15) is 6.10 Å². The number of aliphatic hydroxyl groups is 2. The average molecular weight is 299 g/mol. The first-order valence-corrected chi connectivity index (χ1v) is 6.24. The lowest BCUT2D eigenvalue weighted by atomic mass is 10.0. The van der Waals surface area contributed by atoms with Crippen molar-refractivity contribution < 1.29 is 29.4 Å². The Morgan fingerprint density at radius 1 is 1.43 bits per heavy atom. The zero-order valence-corrected chi connectivity index (χ0v) is 11.7. The second-order valence-electron chi connectivity index (χ2n) is 4.21. The van der Waals surface area contributed by atoms with Crippen molar-refractivity contribution in [2.75, 3.05) is 13.7 Å². The van der Waals surface area contributed by atoms with Gasteiger partial charge in [0.2, 0.25) is 0 Å². The van der Waals surface area contributed by atoms with Crippen LogP contribution in [0.25, 0.3) is 0 Å².